The van der Waals surface area contributed by atoms with Crippen LogP contribution < -0.4 is 0 Å². The molecule has 0 rings (SSSR count). The fraction of sp³-hybridized carbons (Fsp3) is 1.00. The monoisotopic (exact) mass is 103 g/mol. The van der Waals surface area contributed by atoms with Crippen molar-refractivity contribution in [1.29, 1.82) is 0 Å². The Bertz CT molecular complexity index is 37.3. The van der Waals surface area contributed by atoms with Gasteiger partial charge in [-0.3, -0.25) is 0 Å². The molecule has 0 N–H and O–H groups in total. The highest BCUT2D eigenvalue weighted by Gasteiger charge is 2.08. The molecule has 0 bridgehead atoms. The molecule has 0 saturated carbocycles. The summed E-state index contributed by atoms with van der Waals surface area (Å²) in [6.45, 7) is 5.98. The van der Waals surface area contributed by atoms with E-state index in [1.54, 1.807) is 0 Å². The van der Waals surface area contributed by atoms with E-state index in [0.717, 1.165) is 0 Å². The highest BCUT2D eigenvalue weighted by Crippen LogP contribution is 2.17. The van der Waals surface area contributed by atoms with Crippen LogP contribution >= 0.6 is 0 Å². The topological polar surface area (TPSA) is 19.9 Å². The van der Waals surface area contributed by atoms with E-state index in [1.807, 2.05) is 20.8 Å². The van der Waals surface area contributed by atoms with Gasteiger partial charge >= 0.3 is 0 Å². The Labute approximate surface area is 41.3 Å². The molecule has 0 aromatic rings. The summed E-state index contributed by atoms with van der Waals surface area (Å²) in [4.78, 5) is 10.1. The summed E-state index contributed by atoms with van der Waals surface area (Å²) in [5, 5.41) is 0.125. The van der Waals surface area contributed by atoms with Crippen LogP contribution in [0.2, 0.25) is 5.04 Å². The molecule has 0 heterocycles. The van der Waals surface area contributed by atoms with Crippen molar-refractivity contribution in [3.8, 4) is 0 Å². The van der Waals surface area contributed by atoms with E-state index in [9.17, 15) is 4.80 Å². The first-order chi connectivity index (χ1) is 2.56. The SMILES string of the molecule is CC(C)(C)[SiH2][O]. The number of rotatable bonds is 0. The highest BCUT2D eigenvalue weighted by molar-refractivity contribution is 6.29. The number of hydrogen-bond acceptors (Lipinski definition) is 0. The van der Waals surface area contributed by atoms with E-state index in [-0.39, 0.29) is 5.04 Å². The van der Waals surface area contributed by atoms with E-state index >= 15 is 0 Å². The third kappa shape index (κ3) is 4.18. The Morgan fingerprint density at radius 3 is 1.50 bits per heavy atom. The molecule has 0 aromatic heterocycles. The van der Waals surface area contributed by atoms with E-state index in [4.69, 9.17) is 0 Å². The van der Waals surface area contributed by atoms with Gasteiger partial charge in [0, 0.05) is 0 Å². The van der Waals surface area contributed by atoms with Gasteiger partial charge in [-0.25, -0.2) is 0 Å². The van der Waals surface area contributed by atoms with Gasteiger partial charge in [-0.1, -0.05) is 20.8 Å². The summed E-state index contributed by atoms with van der Waals surface area (Å²) in [5.41, 5.74) is 0. The summed E-state index contributed by atoms with van der Waals surface area (Å²) < 4.78 is 0. The van der Waals surface area contributed by atoms with Crippen LogP contribution in [0.5, 0.6) is 0 Å². The molecule has 0 saturated heterocycles. The van der Waals surface area contributed by atoms with Gasteiger partial charge in [0.25, 0.3) is 0 Å². The van der Waals surface area contributed by atoms with Crippen LogP contribution in [0, 0.1) is 0 Å². The fourth-order valence-corrected chi connectivity index (χ4v) is 0. The van der Waals surface area contributed by atoms with Crippen molar-refractivity contribution in [1.82, 2.24) is 0 Å². The first-order valence-electron chi connectivity index (χ1n) is 2.14. The lowest BCUT2D eigenvalue weighted by Crippen LogP contribution is -2.04. The molecule has 0 amide bonds. The van der Waals surface area contributed by atoms with Crippen LogP contribution in [-0.2, 0) is 4.80 Å². The second-order valence-electron chi connectivity index (χ2n) is 2.70. The zero-order valence-electron chi connectivity index (χ0n) is 4.62. The highest BCUT2D eigenvalue weighted by atomic mass is 28.2. The van der Waals surface area contributed by atoms with Crippen LogP contribution in [0.1, 0.15) is 20.8 Å². The van der Waals surface area contributed by atoms with Crippen molar-refractivity contribution < 1.29 is 4.80 Å². The van der Waals surface area contributed by atoms with Gasteiger partial charge in [0.15, 0.2) is 0 Å². The maximum absolute atomic E-state index is 10.1. The fourth-order valence-electron chi connectivity index (χ4n) is 0. The van der Waals surface area contributed by atoms with Crippen LogP contribution in [0.25, 0.3) is 0 Å². The summed E-state index contributed by atoms with van der Waals surface area (Å²) >= 11 is 0. The van der Waals surface area contributed by atoms with Crippen molar-refractivity contribution in [2.45, 2.75) is 25.8 Å². The molecule has 6 heavy (non-hydrogen) atoms. The van der Waals surface area contributed by atoms with Crippen molar-refractivity contribution in [3.63, 3.8) is 0 Å². The minimum Gasteiger partial charge on any atom is -0.306 e. The van der Waals surface area contributed by atoms with E-state index in [2.05, 4.69) is 0 Å². The van der Waals surface area contributed by atoms with Crippen molar-refractivity contribution in [2.75, 3.05) is 0 Å². The molecule has 0 aliphatic rings. The third-order valence-electron chi connectivity index (χ3n) is 0.433. The molecule has 0 aliphatic heterocycles. The Kier molecular flexibility index (Phi) is 1.81. The van der Waals surface area contributed by atoms with Gasteiger partial charge in [-0.15, -0.1) is 0 Å². The summed E-state index contributed by atoms with van der Waals surface area (Å²) in [7, 11) is -0.998. The van der Waals surface area contributed by atoms with Gasteiger partial charge in [0.2, 0.25) is 9.76 Å². The van der Waals surface area contributed by atoms with Gasteiger partial charge < -0.3 is 4.80 Å². The molecule has 0 aliphatic carbocycles. The molecule has 0 atom stereocenters. The Morgan fingerprint density at radius 2 is 1.50 bits per heavy atom. The van der Waals surface area contributed by atoms with Gasteiger partial charge in [0.05, 0.1) is 0 Å². The molecular weight excluding hydrogens is 92.1 g/mol. The standard InChI is InChI=1S/C4H11OSi/c1-4(2,3)6-5/h6H2,1-3H3. The second kappa shape index (κ2) is 1.75. The van der Waals surface area contributed by atoms with Crippen LogP contribution in [-0.4, -0.2) is 9.76 Å². The van der Waals surface area contributed by atoms with E-state index in [0.29, 0.717) is 0 Å². The predicted octanol–water partition coefficient (Wildman–Crippen LogP) is 0.719. The average molecular weight is 103 g/mol. The third-order valence-corrected chi connectivity index (χ3v) is 1.30. The second-order valence-corrected chi connectivity index (χ2v) is 5.11. The summed E-state index contributed by atoms with van der Waals surface area (Å²) in [6, 6.07) is 0. The van der Waals surface area contributed by atoms with Crippen molar-refractivity contribution >= 4 is 9.76 Å². The normalized spacial score (nSPS) is 14.0. The minimum absolute atomic E-state index is 0.125. The zero-order chi connectivity index (χ0) is 5.21. The molecule has 0 aromatic carbocycles. The molecule has 0 unspecified atom stereocenters. The molecule has 0 fully saturated rings. The largest absolute Gasteiger partial charge is 0.306 e. The summed E-state index contributed by atoms with van der Waals surface area (Å²) in [6.07, 6.45) is 0. The first-order valence-corrected chi connectivity index (χ1v) is 3.43. The average Bonchev–Trinajstić information content (AvgIpc) is 1.35. The molecular formula is C4H11OSi. The van der Waals surface area contributed by atoms with Crippen LogP contribution in [0.4, 0.5) is 0 Å². The first kappa shape index (κ1) is 6.18. The van der Waals surface area contributed by atoms with Crippen molar-refractivity contribution in [2.24, 2.45) is 0 Å². The molecule has 1 nitrogen and oxygen atoms in total. The smallest absolute Gasteiger partial charge is 0.212 e. The minimum atomic E-state index is -0.998. The lowest BCUT2D eigenvalue weighted by atomic mass is 10.3. The zero-order valence-corrected chi connectivity index (χ0v) is 6.03. The molecule has 2 heteroatoms. The number of hydrogen-bond donors (Lipinski definition) is 0. The van der Waals surface area contributed by atoms with Crippen LogP contribution in [0.3, 0.4) is 0 Å². The molecule has 0 spiro atoms. The quantitative estimate of drug-likeness (QED) is 0.403. The maximum atomic E-state index is 10.1. The lowest BCUT2D eigenvalue weighted by Gasteiger charge is -2.08. The Balaban J connectivity index is 3.17. The van der Waals surface area contributed by atoms with Gasteiger partial charge in [0.1, 0.15) is 0 Å². The maximum Gasteiger partial charge on any atom is 0.212 e. The van der Waals surface area contributed by atoms with Gasteiger partial charge in [-0.2, -0.15) is 0 Å². The van der Waals surface area contributed by atoms with Gasteiger partial charge in [-0.05, 0) is 5.04 Å². The lowest BCUT2D eigenvalue weighted by molar-refractivity contribution is 0.440. The Hall–Kier alpha value is 0.177. The molecule has 1 radical (unpaired) electrons. The van der Waals surface area contributed by atoms with Crippen molar-refractivity contribution in [3.05, 3.63) is 0 Å². The Morgan fingerprint density at radius 1 is 1.33 bits per heavy atom. The summed E-state index contributed by atoms with van der Waals surface area (Å²) in [5.74, 6) is 0. The van der Waals surface area contributed by atoms with E-state index < -0.39 is 9.76 Å². The predicted molar refractivity (Wildman–Crippen MR) is 28.9 cm³/mol. The molecule has 37 valence electrons. The van der Waals surface area contributed by atoms with E-state index in [1.165, 1.54) is 0 Å². The van der Waals surface area contributed by atoms with Crippen LogP contribution in [0.15, 0.2) is 0 Å².